The van der Waals surface area contributed by atoms with E-state index in [2.05, 4.69) is 159 Å². The Morgan fingerprint density at radius 3 is 1.06 bits per heavy atom. The van der Waals surface area contributed by atoms with E-state index < -0.39 is 0 Å². The standard InChI is InChI=1S/C47H29N5O.C41H25N5O/c1-3-11-32(12-4-1)45-37-23-24-43-46(52-47(53-43)33-13-5-2-6-14-33)44(37)36-22-21-34(27-40(36)51-45)30-17-19-31(20-18-30)35-28-41(38-15-7-9-25-48-38)50-42(29-35)39-16-8-10-26-49-39;1-2-11-26(12-3-1)41-46-40-37(47-41)20-19-31-38(40)30-15-4-5-16-32(30)45-39(31)28-14-10-13-27(23-28)29-24-35(33-17-6-8-21-42-33)44-36(25-29)34-18-7-9-22-43-34/h1-29H;1-25H. The highest BCUT2D eigenvalue weighted by molar-refractivity contribution is 6.22. The smallest absolute Gasteiger partial charge is 0.227 e. The first-order chi connectivity index (χ1) is 49.5. The van der Waals surface area contributed by atoms with Crippen LogP contribution in [0.3, 0.4) is 0 Å². The van der Waals surface area contributed by atoms with Crippen LogP contribution >= 0.6 is 0 Å². The molecule has 0 radical (unpaired) electrons. The van der Waals surface area contributed by atoms with Gasteiger partial charge in [-0.2, -0.15) is 0 Å². The molecular weight excluding hydrogens is 1230 g/mol. The summed E-state index contributed by atoms with van der Waals surface area (Å²) in [5.74, 6) is 1.20. The first kappa shape index (κ1) is 58.7. The second-order valence-electron chi connectivity index (χ2n) is 24.2. The number of benzene rings is 9. The largest absolute Gasteiger partial charge is 0.436 e. The minimum absolute atomic E-state index is 0.600. The molecular formula is C88H54N10O2. The third-order valence-corrected chi connectivity index (χ3v) is 18.0. The van der Waals surface area contributed by atoms with Crippen LogP contribution in [0, 0.1) is 0 Å². The van der Waals surface area contributed by atoms with Crippen molar-refractivity contribution in [2.24, 2.45) is 0 Å². The normalized spacial score (nSPS) is 11.4. The molecule has 9 aromatic carbocycles. The molecule has 0 unspecified atom stereocenters. The average molecular weight is 1280 g/mol. The highest BCUT2D eigenvalue weighted by Crippen LogP contribution is 2.43. The van der Waals surface area contributed by atoms with Crippen LogP contribution in [-0.4, -0.2) is 49.8 Å². The van der Waals surface area contributed by atoms with Gasteiger partial charge in [-0.25, -0.2) is 29.9 Å². The topological polar surface area (TPSA) is 155 Å². The zero-order chi connectivity index (χ0) is 66.3. The summed E-state index contributed by atoms with van der Waals surface area (Å²) in [7, 11) is 0. The van der Waals surface area contributed by atoms with Gasteiger partial charge in [-0.05, 0) is 173 Å². The van der Waals surface area contributed by atoms with Crippen molar-refractivity contribution in [1.29, 1.82) is 0 Å². The van der Waals surface area contributed by atoms with E-state index in [-0.39, 0.29) is 0 Å². The van der Waals surface area contributed by atoms with Crippen molar-refractivity contribution in [3.63, 3.8) is 0 Å². The van der Waals surface area contributed by atoms with Crippen LogP contribution in [0.15, 0.2) is 337 Å². The molecule has 0 aliphatic heterocycles. The zero-order valence-corrected chi connectivity index (χ0v) is 53.5. The number of fused-ring (bicyclic) bond motifs is 10. The Kier molecular flexibility index (Phi) is 14.9. The number of hydrogen-bond donors (Lipinski definition) is 0. The molecule has 468 valence electrons. The molecule has 10 aromatic heterocycles. The van der Waals surface area contributed by atoms with E-state index in [1.54, 1.807) is 24.8 Å². The maximum Gasteiger partial charge on any atom is 0.227 e. The number of nitrogens with zero attached hydrogens (tertiary/aromatic N) is 10. The fraction of sp³-hybridized carbons (Fsp3) is 0. The summed E-state index contributed by atoms with van der Waals surface area (Å²) in [4.78, 5) is 48.8. The molecule has 0 spiro atoms. The molecule has 0 bridgehead atoms. The zero-order valence-electron chi connectivity index (χ0n) is 53.5. The van der Waals surface area contributed by atoms with Gasteiger partial charge in [0.25, 0.3) is 0 Å². The second kappa shape index (κ2) is 25.4. The quantitative estimate of drug-likeness (QED) is 0.113. The van der Waals surface area contributed by atoms with Gasteiger partial charge in [0, 0.05) is 79.4 Å². The van der Waals surface area contributed by atoms with Gasteiger partial charge in [-0.1, -0.05) is 164 Å². The highest BCUT2D eigenvalue weighted by atomic mass is 16.4. The average Bonchev–Trinajstić information content (AvgIpc) is 1.50. The molecule has 0 saturated heterocycles. The van der Waals surface area contributed by atoms with Gasteiger partial charge in [0.15, 0.2) is 11.2 Å². The lowest BCUT2D eigenvalue weighted by molar-refractivity contribution is 0.619. The Morgan fingerprint density at radius 2 is 0.570 bits per heavy atom. The molecule has 100 heavy (non-hydrogen) atoms. The van der Waals surface area contributed by atoms with Gasteiger partial charge in [-0.3, -0.25) is 19.9 Å². The summed E-state index contributed by atoms with van der Waals surface area (Å²) < 4.78 is 12.6. The maximum absolute atomic E-state index is 6.32. The molecule has 0 atom stereocenters. The molecule has 0 aliphatic rings. The van der Waals surface area contributed by atoms with E-state index in [0.29, 0.717) is 11.8 Å². The Morgan fingerprint density at radius 1 is 0.200 bits per heavy atom. The number of pyridine rings is 8. The number of rotatable bonds is 11. The fourth-order valence-electron chi connectivity index (χ4n) is 13.2. The molecule has 12 nitrogen and oxygen atoms in total. The van der Waals surface area contributed by atoms with Crippen LogP contribution < -0.4 is 0 Å². The van der Waals surface area contributed by atoms with E-state index >= 15 is 0 Å². The highest BCUT2D eigenvalue weighted by Gasteiger charge is 2.22. The summed E-state index contributed by atoms with van der Waals surface area (Å²) >= 11 is 0. The summed E-state index contributed by atoms with van der Waals surface area (Å²) in [6, 6.07) is 102. The van der Waals surface area contributed by atoms with E-state index in [1.165, 1.54) is 0 Å². The summed E-state index contributed by atoms with van der Waals surface area (Å²) in [6.45, 7) is 0. The van der Waals surface area contributed by atoms with Crippen LogP contribution in [-0.2, 0) is 0 Å². The molecule has 0 amide bonds. The van der Waals surface area contributed by atoms with Crippen molar-refractivity contribution in [3.8, 4) is 124 Å². The molecule has 0 aliphatic carbocycles. The van der Waals surface area contributed by atoms with Gasteiger partial charge >= 0.3 is 0 Å². The second-order valence-corrected chi connectivity index (χ2v) is 24.2. The minimum Gasteiger partial charge on any atom is -0.436 e. The van der Waals surface area contributed by atoms with Gasteiger partial charge in [0.05, 0.1) is 68.0 Å². The van der Waals surface area contributed by atoms with Crippen molar-refractivity contribution < 1.29 is 8.83 Å². The molecule has 0 saturated carbocycles. The van der Waals surface area contributed by atoms with Crippen molar-refractivity contribution in [1.82, 2.24) is 49.8 Å². The molecule has 0 N–H and O–H groups in total. The van der Waals surface area contributed by atoms with Crippen molar-refractivity contribution >= 4 is 65.6 Å². The molecule has 19 aromatic rings. The van der Waals surface area contributed by atoms with Gasteiger partial charge in [0.2, 0.25) is 11.8 Å². The predicted molar refractivity (Wildman–Crippen MR) is 400 cm³/mol. The fourth-order valence-corrected chi connectivity index (χ4v) is 13.2. The third-order valence-electron chi connectivity index (χ3n) is 18.0. The van der Waals surface area contributed by atoms with Crippen LogP contribution in [0.25, 0.3) is 190 Å². The molecule has 10 heterocycles. The third kappa shape index (κ3) is 11.2. The first-order valence-electron chi connectivity index (χ1n) is 32.9. The summed E-state index contributed by atoms with van der Waals surface area (Å²) in [5.41, 5.74) is 23.4. The number of hydrogen-bond acceptors (Lipinski definition) is 12. The van der Waals surface area contributed by atoms with E-state index in [9.17, 15) is 0 Å². The SMILES string of the molecule is c1ccc(-c2nc3c(ccc4c(-c5cccc(-c6cc(-c7ccccn7)nc(-c7ccccn7)c6)c5)nc5ccccc5c43)o2)cc1.c1ccc(-c2nc3c(ccc4c(-c5ccccc5)nc5cc(-c6ccc(-c7cc(-c8ccccn8)nc(-c8ccccn8)c7)cc6)ccc5c43)o2)cc1. The Bertz CT molecular complexity index is 6130. The van der Waals surface area contributed by atoms with Crippen LogP contribution in [0.5, 0.6) is 0 Å². The summed E-state index contributed by atoms with van der Waals surface area (Å²) in [5, 5.41) is 6.17. The Hall–Kier alpha value is -13.8. The van der Waals surface area contributed by atoms with Crippen LogP contribution in [0.1, 0.15) is 0 Å². The monoisotopic (exact) mass is 1280 g/mol. The van der Waals surface area contributed by atoms with Crippen LogP contribution in [0.4, 0.5) is 0 Å². The first-order valence-corrected chi connectivity index (χ1v) is 32.9. The number of para-hydroxylation sites is 1. The van der Waals surface area contributed by atoms with Gasteiger partial charge in [-0.15, -0.1) is 0 Å². The predicted octanol–water partition coefficient (Wildman–Crippen LogP) is 21.8. The lowest BCUT2D eigenvalue weighted by Crippen LogP contribution is -1.94. The summed E-state index contributed by atoms with van der Waals surface area (Å²) in [6.07, 6.45) is 7.16. The lowest BCUT2D eigenvalue weighted by atomic mass is 9.95. The van der Waals surface area contributed by atoms with E-state index in [0.717, 1.165) is 178 Å². The lowest BCUT2D eigenvalue weighted by Gasteiger charge is -2.13. The van der Waals surface area contributed by atoms with Crippen molar-refractivity contribution in [2.45, 2.75) is 0 Å². The number of aromatic nitrogens is 10. The van der Waals surface area contributed by atoms with Crippen molar-refractivity contribution in [3.05, 3.63) is 328 Å². The number of oxazole rings is 2. The van der Waals surface area contributed by atoms with Gasteiger partial charge in [0.1, 0.15) is 11.0 Å². The van der Waals surface area contributed by atoms with Crippen LogP contribution in [0.2, 0.25) is 0 Å². The molecule has 12 heteroatoms. The Balaban J connectivity index is 0.000000145. The Labute approximate surface area is 573 Å². The molecule has 0 fully saturated rings. The van der Waals surface area contributed by atoms with E-state index in [4.69, 9.17) is 38.7 Å². The maximum atomic E-state index is 6.32. The van der Waals surface area contributed by atoms with Crippen molar-refractivity contribution in [2.75, 3.05) is 0 Å². The minimum atomic E-state index is 0.600. The van der Waals surface area contributed by atoms with Gasteiger partial charge < -0.3 is 8.83 Å². The van der Waals surface area contributed by atoms with E-state index in [1.807, 2.05) is 164 Å². The molecule has 19 rings (SSSR count).